The SMILES string of the molecule is CN(C)C(=O)c1ccc(NC(=O)Cc2cccc3nccn23)cc1. The van der Waals surface area contributed by atoms with Gasteiger partial charge in [0.2, 0.25) is 5.91 Å². The van der Waals surface area contributed by atoms with Crippen molar-refractivity contribution in [1.82, 2.24) is 14.3 Å². The van der Waals surface area contributed by atoms with Crippen LogP contribution in [0.3, 0.4) is 0 Å². The van der Waals surface area contributed by atoms with Crippen LogP contribution < -0.4 is 5.32 Å². The van der Waals surface area contributed by atoms with Crippen molar-refractivity contribution in [3.05, 3.63) is 66.1 Å². The number of fused-ring (bicyclic) bond motifs is 1. The molecular weight excluding hydrogens is 304 g/mol. The van der Waals surface area contributed by atoms with E-state index in [2.05, 4.69) is 10.3 Å². The Balaban J connectivity index is 1.69. The molecule has 0 saturated carbocycles. The molecule has 1 N–H and O–H groups in total. The summed E-state index contributed by atoms with van der Waals surface area (Å²) in [6.07, 6.45) is 3.78. The second-order valence-electron chi connectivity index (χ2n) is 5.67. The maximum absolute atomic E-state index is 12.3. The van der Waals surface area contributed by atoms with Crippen LogP contribution in [0.4, 0.5) is 5.69 Å². The minimum Gasteiger partial charge on any atom is -0.345 e. The number of nitrogens with one attached hydrogen (secondary N) is 1. The van der Waals surface area contributed by atoms with Crippen LogP contribution in [0.2, 0.25) is 0 Å². The topological polar surface area (TPSA) is 66.7 Å². The molecule has 0 atom stereocenters. The lowest BCUT2D eigenvalue weighted by atomic mass is 10.2. The second-order valence-corrected chi connectivity index (χ2v) is 5.67. The number of aromatic nitrogens is 2. The number of rotatable bonds is 4. The van der Waals surface area contributed by atoms with Gasteiger partial charge >= 0.3 is 0 Å². The Morgan fingerprint density at radius 1 is 1.12 bits per heavy atom. The Morgan fingerprint density at radius 2 is 1.88 bits per heavy atom. The molecule has 0 aliphatic rings. The molecule has 0 aliphatic heterocycles. The van der Waals surface area contributed by atoms with Crippen LogP contribution >= 0.6 is 0 Å². The molecule has 2 amide bonds. The van der Waals surface area contributed by atoms with Gasteiger partial charge in [-0.3, -0.25) is 9.59 Å². The highest BCUT2D eigenvalue weighted by molar-refractivity contribution is 5.95. The van der Waals surface area contributed by atoms with Gasteiger partial charge < -0.3 is 14.6 Å². The molecule has 122 valence electrons. The van der Waals surface area contributed by atoms with E-state index in [9.17, 15) is 9.59 Å². The number of benzene rings is 1. The summed E-state index contributed by atoms with van der Waals surface area (Å²) < 4.78 is 1.89. The average molecular weight is 322 g/mol. The first-order valence-corrected chi connectivity index (χ1v) is 7.57. The first-order chi connectivity index (χ1) is 11.5. The first kappa shape index (κ1) is 15.7. The summed E-state index contributed by atoms with van der Waals surface area (Å²) in [5.74, 6) is -0.192. The van der Waals surface area contributed by atoms with Crippen LogP contribution in [0.1, 0.15) is 16.1 Å². The Morgan fingerprint density at radius 3 is 2.58 bits per heavy atom. The van der Waals surface area contributed by atoms with Gasteiger partial charge in [0.15, 0.2) is 0 Å². The molecule has 0 unspecified atom stereocenters. The zero-order chi connectivity index (χ0) is 17.1. The predicted octanol–water partition coefficient (Wildman–Crippen LogP) is 2.22. The van der Waals surface area contributed by atoms with Gasteiger partial charge in [0.1, 0.15) is 5.65 Å². The zero-order valence-corrected chi connectivity index (χ0v) is 13.6. The molecule has 0 fully saturated rings. The molecule has 3 rings (SSSR count). The number of carbonyl (C=O) groups excluding carboxylic acids is 2. The lowest BCUT2D eigenvalue weighted by molar-refractivity contribution is -0.115. The summed E-state index contributed by atoms with van der Waals surface area (Å²) in [5.41, 5.74) is 2.92. The lowest BCUT2D eigenvalue weighted by Crippen LogP contribution is -2.21. The summed E-state index contributed by atoms with van der Waals surface area (Å²) in [7, 11) is 3.41. The number of anilines is 1. The molecule has 0 radical (unpaired) electrons. The van der Waals surface area contributed by atoms with E-state index in [1.165, 1.54) is 4.90 Å². The van der Waals surface area contributed by atoms with E-state index < -0.39 is 0 Å². The number of carbonyl (C=O) groups is 2. The minimum absolute atomic E-state index is 0.0698. The van der Waals surface area contributed by atoms with E-state index >= 15 is 0 Å². The summed E-state index contributed by atoms with van der Waals surface area (Å²) >= 11 is 0. The van der Waals surface area contributed by atoms with Crippen molar-refractivity contribution < 1.29 is 9.59 Å². The Bertz CT molecular complexity index is 881. The van der Waals surface area contributed by atoms with Crippen LogP contribution in [-0.2, 0) is 11.2 Å². The largest absolute Gasteiger partial charge is 0.345 e. The van der Waals surface area contributed by atoms with E-state index in [0.717, 1.165) is 11.3 Å². The second kappa shape index (κ2) is 6.54. The minimum atomic E-state index is -0.122. The molecule has 2 aromatic heterocycles. The fourth-order valence-corrected chi connectivity index (χ4v) is 2.47. The predicted molar refractivity (Wildman–Crippen MR) is 92.0 cm³/mol. The van der Waals surface area contributed by atoms with Gasteiger partial charge in [0.25, 0.3) is 5.91 Å². The quantitative estimate of drug-likeness (QED) is 0.801. The van der Waals surface area contributed by atoms with Crippen molar-refractivity contribution in [2.75, 3.05) is 19.4 Å². The van der Waals surface area contributed by atoms with Crippen molar-refractivity contribution in [2.24, 2.45) is 0 Å². The van der Waals surface area contributed by atoms with Gasteiger partial charge in [-0.15, -0.1) is 0 Å². The van der Waals surface area contributed by atoms with Crippen LogP contribution in [0.5, 0.6) is 0 Å². The number of hydrogen-bond acceptors (Lipinski definition) is 3. The molecule has 6 heteroatoms. The van der Waals surface area contributed by atoms with Crippen molar-refractivity contribution >= 4 is 23.1 Å². The Kier molecular flexibility index (Phi) is 4.29. The maximum Gasteiger partial charge on any atom is 0.253 e. The van der Waals surface area contributed by atoms with Crippen molar-refractivity contribution in [1.29, 1.82) is 0 Å². The van der Waals surface area contributed by atoms with E-state index in [-0.39, 0.29) is 18.2 Å². The monoisotopic (exact) mass is 322 g/mol. The summed E-state index contributed by atoms with van der Waals surface area (Å²) in [6.45, 7) is 0. The van der Waals surface area contributed by atoms with Crippen LogP contribution in [0, 0.1) is 0 Å². The van der Waals surface area contributed by atoms with E-state index in [4.69, 9.17) is 0 Å². The maximum atomic E-state index is 12.3. The molecule has 0 bridgehead atoms. The molecule has 0 saturated heterocycles. The molecular formula is C18H18N4O2. The molecule has 2 heterocycles. The fourth-order valence-electron chi connectivity index (χ4n) is 2.47. The standard InChI is InChI=1S/C18H18N4O2/c1-21(2)18(24)13-6-8-14(9-7-13)20-17(23)12-15-4-3-5-16-19-10-11-22(15)16/h3-11H,12H2,1-2H3,(H,20,23). The summed E-state index contributed by atoms with van der Waals surface area (Å²) in [4.78, 5) is 29.8. The van der Waals surface area contributed by atoms with Gasteiger partial charge in [0.05, 0.1) is 6.42 Å². The first-order valence-electron chi connectivity index (χ1n) is 7.57. The average Bonchev–Trinajstić information content (AvgIpc) is 3.04. The van der Waals surface area contributed by atoms with Crippen molar-refractivity contribution in [3.63, 3.8) is 0 Å². The third-order valence-electron chi connectivity index (χ3n) is 3.68. The smallest absolute Gasteiger partial charge is 0.253 e. The van der Waals surface area contributed by atoms with Crippen LogP contribution in [-0.4, -0.2) is 40.2 Å². The lowest BCUT2D eigenvalue weighted by Gasteiger charge is -2.11. The fraction of sp³-hybridized carbons (Fsp3) is 0.167. The Hall–Kier alpha value is -3.15. The van der Waals surface area contributed by atoms with Gasteiger partial charge in [-0.1, -0.05) is 6.07 Å². The van der Waals surface area contributed by atoms with Gasteiger partial charge in [-0.05, 0) is 36.4 Å². The molecule has 6 nitrogen and oxygen atoms in total. The number of pyridine rings is 1. The van der Waals surface area contributed by atoms with Crippen molar-refractivity contribution in [3.8, 4) is 0 Å². The van der Waals surface area contributed by atoms with Gasteiger partial charge in [-0.2, -0.15) is 0 Å². The van der Waals surface area contributed by atoms with E-state index in [0.29, 0.717) is 11.3 Å². The van der Waals surface area contributed by atoms with Crippen LogP contribution in [0.15, 0.2) is 54.9 Å². The highest BCUT2D eigenvalue weighted by Crippen LogP contribution is 2.12. The van der Waals surface area contributed by atoms with Gasteiger partial charge in [0, 0.05) is 43.4 Å². The molecule has 0 spiro atoms. The van der Waals surface area contributed by atoms with Crippen molar-refractivity contribution in [2.45, 2.75) is 6.42 Å². The number of amides is 2. The molecule has 24 heavy (non-hydrogen) atoms. The third kappa shape index (κ3) is 3.27. The number of imidazole rings is 1. The van der Waals surface area contributed by atoms with Gasteiger partial charge in [-0.25, -0.2) is 4.98 Å². The Labute approximate surface area is 139 Å². The van der Waals surface area contributed by atoms with E-state index in [1.54, 1.807) is 44.6 Å². The molecule has 3 aromatic rings. The molecule has 1 aromatic carbocycles. The highest BCUT2D eigenvalue weighted by atomic mass is 16.2. The van der Waals surface area contributed by atoms with Crippen LogP contribution in [0.25, 0.3) is 5.65 Å². The number of nitrogens with zero attached hydrogens (tertiary/aromatic N) is 3. The van der Waals surface area contributed by atoms with E-state index in [1.807, 2.05) is 28.8 Å². The summed E-state index contributed by atoms with van der Waals surface area (Å²) in [6, 6.07) is 12.5. The normalized spacial score (nSPS) is 10.6. The number of hydrogen-bond donors (Lipinski definition) is 1. The third-order valence-corrected chi connectivity index (χ3v) is 3.68. The highest BCUT2D eigenvalue weighted by Gasteiger charge is 2.10. The zero-order valence-electron chi connectivity index (χ0n) is 13.6. The molecule has 0 aliphatic carbocycles. The summed E-state index contributed by atoms with van der Waals surface area (Å²) in [5, 5.41) is 2.85.